The lowest BCUT2D eigenvalue weighted by Gasteiger charge is -2.15. The predicted octanol–water partition coefficient (Wildman–Crippen LogP) is -0.0599. The van der Waals surface area contributed by atoms with Crippen molar-refractivity contribution in [2.75, 3.05) is 19.8 Å². The van der Waals surface area contributed by atoms with E-state index in [1.165, 1.54) is 0 Å². The van der Waals surface area contributed by atoms with E-state index in [0.29, 0.717) is 13.2 Å². The van der Waals surface area contributed by atoms with Crippen molar-refractivity contribution < 1.29 is 19.3 Å². The van der Waals surface area contributed by atoms with Crippen LogP contribution in [0.25, 0.3) is 0 Å². The maximum atomic E-state index is 9.44. The predicted molar refractivity (Wildman–Crippen MR) is 45.5 cm³/mol. The molecule has 4 atom stereocenters. The average Bonchev–Trinajstić information content (AvgIpc) is 2.67. The molecule has 2 saturated heterocycles. The van der Waals surface area contributed by atoms with Gasteiger partial charge in [0.15, 0.2) is 0 Å². The summed E-state index contributed by atoms with van der Waals surface area (Å²) in [4.78, 5) is 0. The fourth-order valence-corrected chi connectivity index (χ4v) is 1.86. The Morgan fingerprint density at radius 2 is 2.08 bits per heavy atom. The van der Waals surface area contributed by atoms with Crippen LogP contribution in [0.1, 0.15) is 13.3 Å². The molecule has 4 heteroatoms. The third-order valence-corrected chi connectivity index (χ3v) is 2.52. The van der Waals surface area contributed by atoms with Gasteiger partial charge in [-0.25, -0.2) is 0 Å². The topological polar surface area (TPSA) is 47.9 Å². The van der Waals surface area contributed by atoms with Gasteiger partial charge in [-0.1, -0.05) is 6.92 Å². The highest BCUT2D eigenvalue weighted by Gasteiger charge is 2.47. The molecule has 0 saturated carbocycles. The van der Waals surface area contributed by atoms with Gasteiger partial charge in [-0.2, -0.15) is 0 Å². The first-order valence-electron chi connectivity index (χ1n) is 4.85. The standard InChI is InChI=1S/C9H16O4/c1-2-3-11-7-5-13-8-6(10)4-12-9(7)8/h6-10H,2-5H2,1H3/t6?,7?,8-,9-/m1/s1. The number of fused-ring (bicyclic) bond motifs is 1. The van der Waals surface area contributed by atoms with Crippen molar-refractivity contribution in [1.82, 2.24) is 0 Å². The van der Waals surface area contributed by atoms with E-state index in [4.69, 9.17) is 14.2 Å². The molecular formula is C9H16O4. The summed E-state index contributed by atoms with van der Waals surface area (Å²) in [5.74, 6) is 0. The van der Waals surface area contributed by atoms with E-state index in [1.54, 1.807) is 0 Å². The molecule has 0 aromatic rings. The van der Waals surface area contributed by atoms with Crippen LogP contribution in [0.5, 0.6) is 0 Å². The van der Waals surface area contributed by atoms with Crippen LogP contribution in [0, 0.1) is 0 Å². The minimum absolute atomic E-state index is 0.0158. The van der Waals surface area contributed by atoms with Crippen LogP contribution >= 0.6 is 0 Å². The Labute approximate surface area is 77.8 Å². The largest absolute Gasteiger partial charge is 0.388 e. The van der Waals surface area contributed by atoms with Crippen molar-refractivity contribution in [1.29, 1.82) is 0 Å². The first-order valence-corrected chi connectivity index (χ1v) is 4.85. The number of hydrogen-bond donors (Lipinski definition) is 1. The molecule has 1 N–H and O–H groups in total. The Bertz CT molecular complexity index is 173. The Hall–Kier alpha value is -0.160. The molecule has 2 aliphatic heterocycles. The number of rotatable bonds is 3. The molecule has 0 bridgehead atoms. The lowest BCUT2D eigenvalue weighted by Crippen LogP contribution is -2.32. The highest BCUT2D eigenvalue weighted by atomic mass is 16.6. The summed E-state index contributed by atoms with van der Waals surface area (Å²) in [5.41, 5.74) is 0. The molecule has 2 aliphatic rings. The van der Waals surface area contributed by atoms with Crippen molar-refractivity contribution >= 4 is 0 Å². The lowest BCUT2D eigenvalue weighted by molar-refractivity contribution is -0.0366. The fourth-order valence-electron chi connectivity index (χ4n) is 1.86. The maximum Gasteiger partial charge on any atom is 0.115 e. The van der Waals surface area contributed by atoms with Crippen LogP contribution < -0.4 is 0 Å². The number of ether oxygens (including phenoxy) is 3. The van der Waals surface area contributed by atoms with Gasteiger partial charge in [0.2, 0.25) is 0 Å². The summed E-state index contributed by atoms with van der Waals surface area (Å²) in [6.07, 6.45) is 0.321. The molecule has 76 valence electrons. The summed E-state index contributed by atoms with van der Waals surface area (Å²) in [5, 5.41) is 9.44. The zero-order chi connectivity index (χ0) is 9.26. The maximum absolute atomic E-state index is 9.44. The number of aliphatic hydroxyl groups is 1. The second kappa shape index (κ2) is 3.92. The van der Waals surface area contributed by atoms with Crippen LogP contribution in [-0.4, -0.2) is 49.3 Å². The van der Waals surface area contributed by atoms with Crippen LogP contribution in [-0.2, 0) is 14.2 Å². The highest BCUT2D eigenvalue weighted by molar-refractivity contribution is 4.94. The van der Waals surface area contributed by atoms with Crippen molar-refractivity contribution in [3.63, 3.8) is 0 Å². The van der Waals surface area contributed by atoms with Gasteiger partial charge in [-0.3, -0.25) is 0 Å². The van der Waals surface area contributed by atoms with Gasteiger partial charge in [-0.05, 0) is 6.42 Å². The third kappa shape index (κ3) is 1.72. The molecule has 0 aromatic heterocycles. The Kier molecular flexibility index (Phi) is 2.83. The highest BCUT2D eigenvalue weighted by Crippen LogP contribution is 2.28. The molecule has 2 fully saturated rings. The van der Waals surface area contributed by atoms with E-state index in [2.05, 4.69) is 6.92 Å². The Morgan fingerprint density at radius 3 is 2.85 bits per heavy atom. The van der Waals surface area contributed by atoms with Crippen LogP contribution in [0.2, 0.25) is 0 Å². The van der Waals surface area contributed by atoms with Gasteiger partial charge >= 0.3 is 0 Å². The molecule has 0 radical (unpaired) electrons. The van der Waals surface area contributed by atoms with Crippen molar-refractivity contribution in [2.24, 2.45) is 0 Å². The van der Waals surface area contributed by atoms with Gasteiger partial charge in [0, 0.05) is 6.61 Å². The van der Waals surface area contributed by atoms with E-state index in [-0.39, 0.29) is 18.3 Å². The van der Waals surface area contributed by atoms with Crippen molar-refractivity contribution in [3.05, 3.63) is 0 Å². The van der Waals surface area contributed by atoms with E-state index < -0.39 is 6.10 Å². The van der Waals surface area contributed by atoms with Crippen LogP contribution in [0.15, 0.2) is 0 Å². The van der Waals surface area contributed by atoms with E-state index in [0.717, 1.165) is 13.0 Å². The molecule has 13 heavy (non-hydrogen) atoms. The summed E-state index contributed by atoms with van der Waals surface area (Å²) in [6, 6.07) is 0. The van der Waals surface area contributed by atoms with E-state index in [9.17, 15) is 5.11 Å². The normalized spacial score (nSPS) is 43.8. The monoisotopic (exact) mass is 188 g/mol. The zero-order valence-electron chi connectivity index (χ0n) is 7.81. The van der Waals surface area contributed by atoms with Crippen LogP contribution in [0.3, 0.4) is 0 Å². The summed E-state index contributed by atoms with van der Waals surface area (Å²) < 4.78 is 16.4. The molecule has 2 unspecified atom stereocenters. The first-order chi connectivity index (χ1) is 6.33. The third-order valence-electron chi connectivity index (χ3n) is 2.52. The number of hydrogen-bond acceptors (Lipinski definition) is 4. The molecule has 0 aromatic carbocycles. The van der Waals surface area contributed by atoms with Crippen LogP contribution in [0.4, 0.5) is 0 Å². The van der Waals surface area contributed by atoms with Gasteiger partial charge in [0.25, 0.3) is 0 Å². The van der Waals surface area contributed by atoms with Crippen molar-refractivity contribution in [2.45, 2.75) is 37.8 Å². The average molecular weight is 188 g/mol. The minimum atomic E-state index is -0.472. The Morgan fingerprint density at radius 1 is 1.31 bits per heavy atom. The molecule has 0 aliphatic carbocycles. The molecule has 0 amide bonds. The first kappa shape index (κ1) is 9.40. The lowest BCUT2D eigenvalue weighted by atomic mass is 10.1. The van der Waals surface area contributed by atoms with Gasteiger partial charge in [0.1, 0.15) is 24.4 Å². The Balaban J connectivity index is 1.87. The molecular weight excluding hydrogens is 172 g/mol. The summed E-state index contributed by atoms with van der Waals surface area (Å²) in [7, 11) is 0. The minimum Gasteiger partial charge on any atom is -0.388 e. The fraction of sp³-hybridized carbons (Fsp3) is 1.00. The van der Waals surface area contributed by atoms with E-state index >= 15 is 0 Å². The van der Waals surface area contributed by atoms with Crippen molar-refractivity contribution in [3.8, 4) is 0 Å². The van der Waals surface area contributed by atoms with Gasteiger partial charge in [-0.15, -0.1) is 0 Å². The molecule has 2 heterocycles. The smallest absolute Gasteiger partial charge is 0.115 e. The quantitative estimate of drug-likeness (QED) is 0.674. The second-order valence-corrected chi connectivity index (χ2v) is 3.57. The summed E-state index contributed by atoms with van der Waals surface area (Å²) in [6.45, 7) is 3.72. The van der Waals surface area contributed by atoms with Gasteiger partial charge < -0.3 is 19.3 Å². The molecule has 4 nitrogen and oxygen atoms in total. The second-order valence-electron chi connectivity index (χ2n) is 3.57. The SMILES string of the molecule is CCCOC1CO[C@@H]2C(O)CO[C@H]12. The zero-order valence-corrected chi connectivity index (χ0v) is 7.81. The van der Waals surface area contributed by atoms with Gasteiger partial charge in [0.05, 0.1) is 13.2 Å². The summed E-state index contributed by atoms with van der Waals surface area (Å²) >= 11 is 0. The molecule has 2 rings (SSSR count). The van der Waals surface area contributed by atoms with E-state index in [1.807, 2.05) is 0 Å². The number of aliphatic hydroxyl groups excluding tert-OH is 1. The molecule has 0 spiro atoms.